The summed E-state index contributed by atoms with van der Waals surface area (Å²) in [4.78, 5) is 3.41. The fourth-order valence-electron chi connectivity index (χ4n) is 1.95. The zero-order valence-corrected chi connectivity index (χ0v) is 12.3. The molecule has 2 aromatic carbocycles. The second kappa shape index (κ2) is 5.81. The molecule has 0 atom stereocenters. The number of hydrogen-bond acceptors (Lipinski definition) is 4. The number of anilines is 1. The van der Waals surface area contributed by atoms with Crippen molar-refractivity contribution in [3.63, 3.8) is 0 Å². The Bertz CT molecular complexity index is 941. The molecular formula is C15H10F2N2O3S. The fourth-order valence-corrected chi connectivity index (χ4v) is 3.01. The van der Waals surface area contributed by atoms with E-state index in [2.05, 4.69) is 9.71 Å². The van der Waals surface area contributed by atoms with E-state index < -0.39 is 21.7 Å². The minimum atomic E-state index is -4.04. The quantitative estimate of drug-likeness (QED) is 0.792. The molecular weight excluding hydrogens is 326 g/mol. The van der Waals surface area contributed by atoms with E-state index in [-0.39, 0.29) is 10.6 Å². The van der Waals surface area contributed by atoms with Crippen LogP contribution in [-0.4, -0.2) is 13.4 Å². The van der Waals surface area contributed by atoms with Crippen molar-refractivity contribution in [1.29, 1.82) is 0 Å². The molecule has 0 aliphatic rings. The number of halogens is 2. The van der Waals surface area contributed by atoms with E-state index in [0.717, 1.165) is 12.1 Å². The molecule has 0 saturated heterocycles. The van der Waals surface area contributed by atoms with Crippen molar-refractivity contribution in [1.82, 2.24) is 4.98 Å². The first-order valence-electron chi connectivity index (χ1n) is 6.42. The highest BCUT2D eigenvalue weighted by Gasteiger charge is 2.17. The number of nitrogens with one attached hydrogen (secondary N) is 1. The summed E-state index contributed by atoms with van der Waals surface area (Å²) in [5.41, 5.74) is 0.872. The molecule has 3 aromatic rings. The van der Waals surface area contributed by atoms with Crippen LogP contribution in [0.2, 0.25) is 0 Å². The molecule has 0 bridgehead atoms. The van der Waals surface area contributed by atoms with Crippen molar-refractivity contribution in [2.45, 2.75) is 4.90 Å². The average molecular weight is 336 g/mol. The van der Waals surface area contributed by atoms with Crippen molar-refractivity contribution in [3.05, 3.63) is 66.7 Å². The van der Waals surface area contributed by atoms with E-state index in [9.17, 15) is 17.2 Å². The number of hydrogen-bond donors (Lipinski definition) is 1. The van der Waals surface area contributed by atoms with Gasteiger partial charge in [-0.05, 0) is 30.3 Å². The van der Waals surface area contributed by atoms with Gasteiger partial charge in [0.05, 0.1) is 11.1 Å². The summed E-state index contributed by atoms with van der Waals surface area (Å²) >= 11 is 0. The monoisotopic (exact) mass is 336 g/mol. The van der Waals surface area contributed by atoms with Crippen LogP contribution >= 0.6 is 0 Å². The molecule has 0 aliphatic heterocycles. The minimum absolute atomic E-state index is 0.253. The average Bonchev–Trinajstić information content (AvgIpc) is 3.04. The highest BCUT2D eigenvalue weighted by molar-refractivity contribution is 7.92. The Balaban J connectivity index is 1.91. The second-order valence-electron chi connectivity index (χ2n) is 4.63. The number of nitrogens with zero attached hydrogens (tertiary/aromatic N) is 1. The number of aromatic nitrogens is 1. The van der Waals surface area contributed by atoms with Gasteiger partial charge < -0.3 is 4.42 Å². The molecule has 1 N–H and O–H groups in total. The molecule has 1 aromatic heterocycles. The fraction of sp³-hybridized carbons (Fsp3) is 0. The molecule has 3 rings (SSSR count). The van der Waals surface area contributed by atoms with Gasteiger partial charge in [-0.15, -0.1) is 0 Å². The summed E-state index contributed by atoms with van der Waals surface area (Å²) < 4.78 is 58.0. The van der Waals surface area contributed by atoms with Gasteiger partial charge in [0, 0.05) is 11.3 Å². The Morgan fingerprint density at radius 3 is 2.57 bits per heavy atom. The van der Waals surface area contributed by atoms with E-state index in [4.69, 9.17) is 4.42 Å². The molecule has 0 saturated carbocycles. The summed E-state index contributed by atoms with van der Waals surface area (Å²) in [6, 6.07) is 8.78. The molecule has 0 aliphatic carbocycles. The lowest BCUT2D eigenvalue weighted by atomic mass is 10.2. The van der Waals surface area contributed by atoms with Gasteiger partial charge in [0.25, 0.3) is 10.0 Å². The number of oxazole rings is 1. The van der Waals surface area contributed by atoms with Gasteiger partial charge in [-0.3, -0.25) is 4.72 Å². The Labute approximate surface area is 130 Å². The van der Waals surface area contributed by atoms with Crippen molar-refractivity contribution in [2.75, 3.05) is 4.72 Å². The zero-order chi connectivity index (χ0) is 16.4. The lowest BCUT2D eigenvalue weighted by molar-refractivity contribution is 0.504. The molecule has 0 spiro atoms. The highest BCUT2D eigenvalue weighted by atomic mass is 32.2. The molecule has 0 amide bonds. The molecule has 23 heavy (non-hydrogen) atoms. The predicted molar refractivity (Wildman–Crippen MR) is 79.1 cm³/mol. The second-order valence-corrected chi connectivity index (χ2v) is 6.31. The Morgan fingerprint density at radius 1 is 1.04 bits per heavy atom. The van der Waals surface area contributed by atoms with E-state index in [1.807, 2.05) is 0 Å². The summed E-state index contributed by atoms with van der Waals surface area (Å²) in [5.74, 6) is -1.88. The van der Waals surface area contributed by atoms with E-state index in [1.165, 1.54) is 24.7 Å². The van der Waals surface area contributed by atoms with E-state index >= 15 is 0 Å². The molecule has 1 heterocycles. The van der Waals surface area contributed by atoms with Crippen LogP contribution in [0.1, 0.15) is 0 Å². The Kier molecular flexibility index (Phi) is 3.83. The number of benzene rings is 2. The number of rotatable bonds is 4. The summed E-state index contributed by atoms with van der Waals surface area (Å²) in [7, 11) is -4.04. The van der Waals surface area contributed by atoms with Crippen molar-refractivity contribution in [3.8, 4) is 11.3 Å². The van der Waals surface area contributed by atoms with Gasteiger partial charge in [-0.1, -0.05) is 12.1 Å². The molecule has 0 fully saturated rings. The van der Waals surface area contributed by atoms with Crippen LogP contribution in [0.4, 0.5) is 14.5 Å². The van der Waals surface area contributed by atoms with Gasteiger partial charge in [-0.25, -0.2) is 22.2 Å². The van der Waals surface area contributed by atoms with Crippen LogP contribution in [-0.2, 0) is 10.0 Å². The van der Waals surface area contributed by atoms with Gasteiger partial charge in [0.15, 0.2) is 23.8 Å². The van der Waals surface area contributed by atoms with Crippen LogP contribution < -0.4 is 4.72 Å². The minimum Gasteiger partial charge on any atom is -0.444 e. The molecule has 8 heteroatoms. The first kappa shape index (κ1) is 15.2. The first-order chi connectivity index (χ1) is 11.0. The summed E-state index contributed by atoms with van der Waals surface area (Å²) in [5, 5.41) is 0. The molecule has 118 valence electrons. The Morgan fingerprint density at radius 2 is 1.87 bits per heavy atom. The molecule has 5 nitrogen and oxygen atoms in total. The normalized spacial score (nSPS) is 11.4. The SMILES string of the molecule is O=S(=O)(Nc1cccc(-c2cnco2)c1)c1ccc(F)c(F)c1. The molecule has 0 unspecified atom stereocenters. The first-order valence-corrected chi connectivity index (χ1v) is 7.91. The summed E-state index contributed by atoms with van der Waals surface area (Å²) in [6.07, 6.45) is 2.75. The van der Waals surface area contributed by atoms with Crippen molar-refractivity contribution >= 4 is 15.7 Å². The zero-order valence-electron chi connectivity index (χ0n) is 11.5. The van der Waals surface area contributed by atoms with Crippen molar-refractivity contribution in [2.24, 2.45) is 0 Å². The maximum absolute atomic E-state index is 13.2. The van der Waals surface area contributed by atoms with Gasteiger partial charge in [-0.2, -0.15) is 0 Å². The lowest BCUT2D eigenvalue weighted by Crippen LogP contribution is -2.13. The standard InChI is InChI=1S/C15H10F2N2O3S/c16-13-5-4-12(7-14(13)17)23(20,21)19-11-3-1-2-10(6-11)15-8-18-9-22-15/h1-9,19H. The van der Waals surface area contributed by atoms with Gasteiger partial charge in [0.2, 0.25) is 0 Å². The van der Waals surface area contributed by atoms with Crippen LogP contribution in [0.15, 0.2) is 64.4 Å². The number of sulfonamides is 1. The third kappa shape index (κ3) is 3.21. The van der Waals surface area contributed by atoms with Crippen LogP contribution in [0, 0.1) is 11.6 Å². The Hall–Kier alpha value is -2.74. The van der Waals surface area contributed by atoms with Crippen LogP contribution in [0.3, 0.4) is 0 Å². The topological polar surface area (TPSA) is 72.2 Å². The smallest absolute Gasteiger partial charge is 0.261 e. The van der Waals surface area contributed by atoms with E-state index in [1.54, 1.807) is 12.1 Å². The lowest BCUT2D eigenvalue weighted by Gasteiger charge is -2.09. The third-order valence-corrected chi connectivity index (χ3v) is 4.41. The highest BCUT2D eigenvalue weighted by Crippen LogP contribution is 2.24. The predicted octanol–water partition coefficient (Wildman–Crippen LogP) is 3.42. The molecule has 0 radical (unpaired) electrons. The van der Waals surface area contributed by atoms with Crippen LogP contribution in [0.25, 0.3) is 11.3 Å². The maximum Gasteiger partial charge on any atom is 0.261 e. The van der Waals surface area contributed by atoms with E-state index in [0.29, 0.717) is 17.4 Å². The van der Waals surface area contributed by atoms with Gasteiger partial charge >= 0.3 is 0 Å². The van der Waals surface area contributed by atoms with Gasteiger partial charge in [0.1, 0.15) is 0 Å². The third-order valence-electron chi connectivity index (χ3n) is 3.03. The summed E-state index contributed by atoms with van der Waals surface area (Å²) in [6.45, 7) is 0. The van der Waals surface area contributed by atoms with Crippen molar-refractivity contribution < 1.29 is 21.6 Å². The maximum atomic E-state index is 13.2. The largest absolute Gasteiger partial charge is 0.444 e. The van der Waals surface area contributed by atoms with Crippen LogP contribution in [0.5, 0.6) is 0 Å².